The maximum Gasteiger partial charge on any atom is 0.179 e. The number of fused-ring (bicyclic) bond motifs is 1. The van der Waals surface area contributed by atoms with Crippen LogP contribution in [0.2, 0.25) is 0 Å². The van der Waals surface area contributed by atoms with Crippen LogP contribution in [0, 0.1) is 10.7 Å². The number of hydrogen-bond acceptors (Lipinski definition) is 2. The van der Waals surface area contributed by atoms with Gasteiger partial charge in [0.15, 0.2) is 10.4 Å². The van der Waals surface area contributed by atoms with Crippen LogP contribution in [0.4, 0.5) is 0 Å². The van der Waals surface area contributed by atoms with Gasteiger partial charge in [0.25, 0.3) is 0 Å². The molecule has 1 N–H and O–H groups in total. The summed E-state index contributed by atoms with van der Waals surface area (Å²) >= 11 is 5.42. The number of H-pyrrole nitrogens is 1. The smallest absolute Gasteiger partial charge is 0.179 e. The summed E-state index contributed by atoms with van der Waals surface area (Å²) in [6, 6.07) is 0. The molecule has 0 radical (unpaired) electrons. The van der Waals surface area contributed by atoms with Crippen LogP contribution in [0.1, 0.15) is 31.9 Å². The minimum atomic E-state index is 0.824. The van der Waals surface area contributed by atoms with Crippen LogP contribution in [-0.4, -0.2) is 19.3 Å². The lowest BCUT2D eigenvalue weighted by Gasteiger charge is -2.02. The summed E-state index contributed by atoms with van der Waals surface area (Å²) in [5.74, 6) is 0.824. The second-order valence-corrected chi connectivity index (χ2v) is 5.39. The van der Waals surface area contributed by atoms with E-state index in [1.165, 1.54) is 12.8 Å². The molecule has 17 heavy (non-hydrogen) atoms. The highest BCUT2D eigenvalue weighted by molar-refractivity contribution is 7.71. The number of nitrogens with one attached hydrogen (secondary N) is 1. The Labute approximate surface area is 106 Å². The molecule has 2 heterocycles. The molecule has 4 nitrogen and oxygen atoms in total. The number of aryl methyl sites for hydroxylation is 2. The van der Waals surface area contributed by atoms with E-state index in [9.17, 15) is 0 Å². The van der Waals surface area contributed by atoms with Crippen molar-refractivity contribution < 1.29 is 0 Å². The van der Waals surface area contributed by atoms with Crippen LogP contribution in [0.15, 0.2) is 0 Å². The summed E-state index contributed by atoms with van der Waals surface area (Å²) in [6.45, 7) is 3.22. The van der Waals surface area contributed by atoms with Crippen molar-refractivity contribution in [1.82, 2.24) is 19.3 Å². The van der Waals surface area contributed by atoms with Crippen molar-refractivity contribution in [2.24, 2.45) is 13.0 Å². The number of imidazole rings is 1. The fraction of sp³-hybridized carbons (Fsp3) is 0.667. The van der Waals surface area contributed by atoms with Gasteiger partial charge in [-0.15, -0.1) is 0 Å². The van der Waals surface area contributed by atoms with Gasteiger partial charge in [0.05, 0.1) is 5.69 Å². The van der Waals surface area contributed by atoms with Crippen LogP contribution in [0.5, 0.6) is 0 Å². The lowest BCUT2D eigenvalue weighted by molar-refractivity contribution is 0.611. The molecule has 1 fully saturated rings. The van der Waals surface area contributed by atoms with E-state index in [2.05, 4.69) is 21.6 Å². The average molecular weight is 250 g/mol. The molecule has 0 aromatic carbocycles. The highest BCUT2D eigenvalue weighted by Crippen LogP contribution is 2.32. The second-order valence-electron chi connectivity index (χ2n) is 5.00. The van der Waals surface area contributed by atoms with E-state index in [-0.39, 0.29) is 0 Å². The van der Waals surface area contributed by atoms with Gasteiger partial charge >= 0.3 is 0 Å². The number of hydrogen-bond donors (Lipinski definition) is 1. The van der Waals surface area contributed by atoms with Crippen molar-refractivity contribution in [3.8, 4) is 0 Å². The van der Waals surface area contributed by atoms with Gasteiger partial charge in [-0.05, 0) is 37.4 Å². The van der Waals surface area contributed by atoms with Crippen LogP contribution in [-0.2, 0) is 20.0 Å². The zero-order valence-electron chi connectivity index (χ0n) is 10.4. The molecule has 0 aliphatic heterocycles. The first-order valence-electron chi connectivity index (χ1n) is 6.35. The van der Waals surface area contributed by atoms with Crippen molar-refractivity contribution in [2.45, 2.75) is 39.2 Å². The predicted octanol–water partition coefficient (Wildman–Crippen LogP) is 2.79. The van der Waals surface area contributed by atoms with Crippen molar-refractivity contribution in [3.63, 3.8) is 0 Å². The molecule has 92 valence electrons. The molecule has 2 aromatic heterocycles. The molecule has 1 aliphatic carbocycles. The average Bonchev–Trinajstić information content (AvgIpc) is 2.97. The normalized spacial score (nSPS) is 15.9. The van der Waals surface area contributed by atoms with Gasteiger partial charge in [0.1, 0.15) is 5.52 Å². The minimum absolute atomic E-state index is 0.824. The van der Waals surface area contributed by atoms with Gasteiger partial charge in [-0.25, -0.2) is 0 Å². The molecule has 2 aromatic rings. The Morgan fingerprint density at radius 1 is 1.47 bits per heavy atom. The number of rotatable bonds is 4. The fourth-order valence-corrected chi connectivity index (χ4v) is 2.68. The monoisotopic (exact) mass is 250 g/mol. The minimum Gasteiger partial charge on any atom is -0.328 e. The van der Waals surface area contributed by atoms with Crippen LogP contribution in [0.3, 0.4) is 0 Å². The SMILES string of the molecule is CCCc1nn(C)c2c1[nH]c(=S)n2CC1CC1. The summed E-state index contributed by atoms with van der Waals surface area (Å²) in [5, 5.41) is 4.59. The third-order valence-electron chi connectivity index (χ3n) is 3.45. The Balaban J connectivity index is 2.14. The third kappa shape index (κ3) is 1.82. The molecule has 1 saturated carbocycles. The summed E-state index contributed by atoms with van der Waals surface area (Å²) in [5.41, 5.74) is 3.44. The molecule has 5 heteroatoms. The van der Waals surface area contributed by atoms with E-state index in [0.29, 0.717) is 0 Å². The largest absolute Gasteiger partial charge is 0.328 e. The van der Waals surface area contributed by atoms with Crippen LogP contribution in [0.25, 0.3) is 11.2 Å². The van der Waals surface area contributed by atoms with Gasteiger partial charge in [0, 0.05) is 13.6 Å². The summed E-state index contributed by atoms with van der Waals surface area (Å²) in [7, 11) is 2.01. The van der Waals surface area contributed by atoms with Crippen molar-refractivity contribution in [1.29, 1.82) is 0 Å². The Hall–Kier alpha value is -1.10. The molecule has 0 spiro atoms. The van der Waals surface area contributed by atoms with Crippen molar-refractivity contribution in [3.05, 3.63) is 10.5 Å². The van der Waals surface area contributed by atoms with Crippen molar-refractivity contribution >= 4 is 23.4 Å². The quantitative estimate of drug-likeness (QED) is 0.847. The summed E-state index contributed by atoms with van der Waals surface area (Å²) in [6.07, 6.45) is 4.80. The van der Waals surface area contributed by atoms with Crippen molar-refractivity contribution in [2.75, 3.05) is 0 Å². The Bertz CT molecular complexity index is 600. The maximum absolute atomic E-state index is 5.42. The maximum atomic E-state index is 5.42. The first-order chi connectivity index (χ1) is 8.20. The van der Waals surface area contributed by atoms with Gasteiger partial charge < -0.3 is 9.55 Å². The van der Waals surface area contributed by atoms with Crippen LogP contribution < -0.4 is 0 Å². The fourth-order valence-electron chi connectivity index (χ4n) is 2.42. The van der Waals surface area contributed by atoms with E-state index in [4.69, 9.17) is 12.2 Å². The van der Waals surface area contributed by atoms with Crippen LogP contribution >= 0.6 is 12.2 Å². The molecule has 1 aliphatic rings. The van der Waals surface area contributed by atoms with Gasteiger partial charge in [-0.2, -0.15) is 5.10 Å². The number of aromatic nitrogens is 4. The van der Waals surface area contributed by atoms with Gasteiger partial charge in [-0.1, -0.05) is 13.3 Å². The molecule has 3 rings (SSSR count). The van der Waals surface area contributed by atoms with E-state index in [0.717, 1.165) is 46.9 Å². The first-order valence-corrected chi connectivity index (χ1v) is 6.76. The predicted molar refractivity (Wildman–Crippen MR) is 70.6 cm³/mol. The summed E-state index contributed by atoms with van der Waals surface area (Å²) < 4.78 is 5.03. The molecular formula is C12H18N4S. The molecule has 0 amide bonds. The number of nitrogens with zero attached hydrogens (tertiary/aromatic N) is 3. The molecular weight excluding hydrogens is 232 g/mol. The van der Waals surface area contributed by atoms with Gasteiger partial charge in [0.2, 0.25) is 0 Å². The van der Waals surface area contributed by atoms with E-state index in [1.54, 1.807) is 0 Å². The van der Waals surface area contributed by atoms with E-state index < -0.39 is 0 Å². The summed E-state index contributed by atoms with van der Waals surface area (Å²) in [4.78, 5) is 3.33. The topological polar surface area (TPSA) is 38.5 Å². The zero-order valence-corrected chi connectivity index (χ0v) is 11.2. The second kappa shape index (κ2) is 3.98. The van der Waals surface area contributed by atoms with E-state index >= 15 is 0 Å². The zero-order chi connectivity index (χ0) is 12.0. The lowest BCUT2D eigenvalue weighted by atomic mass is 10.2. The number of aromatic amines is 1. The highest BCUT2D eigenvalue weighted by atomic mass is 32.1. The Morgan fingerprint density at radius 2 is 2.24 bits per heavy atom. The molecule has 0 unspecified atom stereocenters. The Kier molecular flexibility index (Phi) is 2.58. The first kappa shape index (κ1) is 11.0. The van der Waals surface area contributed by atoms with Gasteiger partial charge in [-0.3, -0.25) is 4.68 Å². The highest BCUT2D eigenvalue weighted by Gasteiger charge is 2.24. The molecule has 0 atom stereocenters. The molecule has 0 saturated heterocycles. The third-order valence-corrected chi connectivity index (χ3v) is 3.77. The molecule has 0 bridgehead atoms. The standard InChI is InChI=1S/C12H18N4S/c1-3-4-9-10-11(15(2)14-9)16(12(17)13-10)7-8-5-6-8/h8H,3-7H2,1-2H3,(H,13,17). The lowest BCUT2D eigenvalue weighted by Crippen LogP contribution is -2.04. The Morgan fingerprint density at radius 3 is 2.88 bits per heavy atom. The van der Waals surface area contributed by atoms with E-state index in [1.807, 2.05) is 11.7 Å².